The quantitative estimate of drug-likeness (QED) is 0.254. The van der Waals surface area contributed by atoms with Gasteiger partial charge >= 0.3 is 6.09 Å². The van der Waals surface area contributed by atoms with Crippen molar-refractivity contribution in [1.29, 1.82) is 0 Å². The second kappa shape index (κ2) is 14.9. The first-order valence-corrected chi connectivity index (χ1v) is 10.5. The molecule has 0 atom stereocenters. The Labute approximate surface area is 209 Å². The summed E-state index contributed by atoms with van der Waals surface area (Å²) in [4.78, 5) is 18.5. The minimum absolute atomic E-state index is 0. The van der Waals surface area contributed by atoms with Gasteiger partial charge in [-0.15, -0.1) is 24.0 Å². The van der Waals surface area contributed by atoms with E-state index < -0.39 is 5.60 Å². The van der Waals surface area contributed by atoms with Crippen molar-refractivity contribution in [2.45, 2.75) is 46.8 Å². The Morgan fingerprint density at radius 2 is 1.62 bits per heavy atom. The minimum atomic E-state index is -0.519. The van der Waals surface area contributed by atoms with E-state index in [1.807, 2.05) is 46.8 Å². The summed E-state index contributed by atoms with van der Waals surface area (Å²) in [6.45, 7) is 12.2. The van der Waals surface area contributed by atoms with Gasteiger partial charge < -0.3 is 34.5 Å². The van der Waals surface area contributed by atoms with Crippen LogP contribution in [0.25, 0.3) is 0 Å². The molecule has 0 aliphatic rings. The molecule has 0 radical (unpaired) electrons. The Morgan fingerprint density at radius 1 is 1.03 bits per heavy atom. The smallest absolute Gasteiger partial charge is 0.410 e. The average Bonchev–Trinajstić information content (AvgIpc) is 2.72. The van der Waals surface area contributed by atoms with Crippen molar-refractivity contribution in [1.82, 2.24) is 15.5 Å². The molecule has 0 bridgehead atoms. The maximum absolute atomic E-state index is 12.3. The van der Waals surface area contributed by atoms with E-state index in [4.69, 9.17) is 18.9 Å². The fourth-order valence-electron chi connectivity index (χ4n) is 2.75. The molecule has 0 spiro atoms. The number of carbonyl (C=O) groups is 1. The zero-order valence-electron chi connectivity index (χ0n) is 20.5. The maximum atomic E-state index is 12.3. The zero-order chi connectivity index (χ0) is 23.4. The van der Waals surface area contributed by atoms with Gasteiger partial charge in [-0.2, -0.15) is 0 Å². The van der Waals surface area contributed by atoms with E-state index in [1.165, 1.54) is 0 Å². The van der Waals surface area contributed by atoms with Crippen molar-refractivity contribution in [2.75, 3.05) is 47.5 Å². The topological polar surface area (TPSA) is 93.7 Å². The summed E-state index contributed by atoms with van der Waals surface area (Å²) in [5.74, 6) is 2.36. The van der Waals surface area contributed by atoms with E-state index >= 15 is 0 Å². The lowest BCUT2D eigenvalue weighted by molar-refractivity contribution is 0.0264. The summed E-state index contributed by atoms with van der Waals surface area (Å²) in [7, 11) is 4.74. The first-order valence-electron chi connectivity index (χ1n) is 10.5. The lowest BCUT2D eigenvalue weighted by atomic mass is 10.2. The lowest BCUT2D eigenvalue weighted by Gasteiger charge is -2.26. The molecule has 2 N–H and O–H groups in total. The Bertz CT molecular complexity index is 713. The Balaban J connectivity index is 0.00000961. The Kier molecular flexibility index (Phi) is 13.9. The minimum Gasteiger partial charge on any atom is -0.493 e. The van der Waals surface area contributed by atoms with Gasteiger partial charge in [-0.3, -0.25) is 0 Å². The van der Waals surface area contributed by atoms with E-state index in [9.17, 15) is 4.79 Å². The summed E-state index contributed by atoms with van der Waals surface area (Å²) in [5.41, 5.74) is 0.394. The van der Waals surface area contributed by atoms with Gasteiger partial charge in [0.05, 0.1) is 27.9 Å². The van der Waals surface area contributed by atoms with Gasteiger partial charge in [-0.25, -0.2) is 9.79 Å². The normalized spacial score (nSPS) is 11.2. The number of hydrogen-bond donors (Lipinski definition) is 2. The molecular formula is C22H39IN4O5. The van der Waals surface area contributed by atoms with E-state index in [0.29, 0.717) is 55.9 Å². The third-order valence-corrected chi connectivity index (χ3v) is 4.20. The van der Waals surface area contributed by atoms with Crippen molar-refractivity contribution < 1.29 is 23.7 Å². The number of rotatable bonds is 10. The van der Waals surface area contributed by atoms with Crippen LogP contribution < -0.4 is 24.8 Å². The van der Waals surface area contributed by atoms with Gasteiger partial charge in [0.2, 0.25) is 5.75 Å². The molecule has 1 aromatic rings. The molecule has 0 aromatic heterocycles. The van der Waals surface area contributed by atoms with Crippen LogP contribution in [0.5, 0.6) is 17.2 Å². The molecule has 1 rings (SSSR count). The number of guanidine groups is 1. The molecule has 0 saturated carbocycles. The van der Waals surface area contributed by atoms with Crippen molar-refractivity contribution in [3.8, 4) is 17.2 Å². The molecule has 0 aliphatic carbocycles. The Hall–Kier alpha value is -2.11. The van der Waals surface area contributed by atoms with E-state index in [-0.39, 0.29) is 30.1 Å². The van der Waals surface area contributed by atoms with Crippen LogP contribution in [0.15, 0.2) is 17.1 Å². The predicted octanol–water partition coefficient (Wildman–Crippen LogP) is 3.64. The molecule has 0 fully saturated rings. The van der Waals surface area contributed by atoms with Crippen LogP contribution in [-0.2, 0) is 11.3 Å². The average molecular weight is 566 g/mol. The molecule has 0 unspecified atom stereocenters. The number of ether oxygens (including phenoxy) is 4. The number of aliphatic imine (C=N–C) groups is 1. The lowest BCUT2D eigenvalue weighted by Crippen LogP contribution is -2.44. The van der Waals surface area contributed by atoms with Crippen LogP contribution in [0.4, 0.5) is 4.79 Å². The summed E-state index contributed by atoms with van der Waals surface area (Å²) >= 11 is 0. The van der Waals surface area contributed by atoms with Gasteiger partial charge in [-0.05, 0) is 52.3 Å². The number of amides is 1. The first-order chi connectivity index (χ1) is 14.7. The van der Waals surface area contributed by atoms with Crippen molar-refractivity contribution in [2.24, 2.45) is 4.99 Å². The third-order valence-electron chi connectivity index (χ3n) is 4.20. The fourth-order valence-corrected chi connectivity index (χ4v) is 2.75. The largest absolute Gasteiger partial charge is 0.493 e. The predicted molar refractivity (Wildman–Crippen MR) is 138 cm³/mol. The van der Waals surface area contributed by atoms with Crippen LogP contribution in [0.1, 0.15) is 40.2 Å². The molecule has 0 saturated heterocycles. The van der Waals surface area contributed by atoms with E-state index in [1.54, 1.807) is 26.2 Å². The number of benzene rings is 1. The van der Waals surface area contributed by atoms with Gasteiger partial charge in [0.15, 0.2) is 17.5 Å². The molecular weight excluding hydrogens is 527 g/mol. The number of nitrogens with zero attached hydrogens (tertiary/aromatic N) is 2. The molecule has 1 aromatic carbocycles. The molecule has 9 nitrogen and oxygen atoms in total. The monoisotopic (exact) mass is 566 g/mol. The van der Waals surface area contributed by atoms with Crippen LogP contribution in [-0.4, -0.2) is 70.1 Å². The highest BCUT2D eigenvalue weighted by molar-refractivity contribution is 14.0. The van der Waals surface area contributed by atoms with Crippen LogP contribution in [0.3, 0.4) is 0 Å². The molecule has 10 heteroatoms. The van der Waals surface area contributed by atoms with E-state index in [2.05, 4.69) is 15.6 Å². The number of halogens is 1. The second-order valence-corrected chi connectivity index (χ2v) is 7.72. The zero-order valence-corrected chi connectivity index (χ0v) is 22.9. The van der Waals surface area contributed by atoms with Crippen molar-refractivity contribution in [3.63, 3.8) is 0 Å². The SMILES string of the molecule is CCNC(=NCc1cc(OC)c(OC)c(OC)c1)NCCN(CC)C(=O)OC(C)(C)C.I. The number of carbonyl (C=O) groups excluding carboxylic acids is 1. The van der Waals surface area contributed by atoms with Crippen LogP contribution in [0.2, 0.25) is 0 Å². The standard InChI is InChI=1S/C22H38N4O5.HI/c1-9-23-20(24-11-12-26(10-2)21(27)31-22(3,4)5)25-15-16-13-17(28-6)19(30-8)18(14-16)29-7;/h13-14H,9-12,15H2,1-8H3,(H2,23,24,25);1H. The first kappa shape index (κ1) is 29.9. The summed E-state index contributed by atoms with van der Waals surface area (Å²) in [5, 5.41) is 6.46. The van der Waals surface area contributed by atoms with Crippen LogP contribution >= 0.6 is 24.0 Å². The number of nitrogens with one attached hydrogen (secondary N) is 2. The molecule has 0 heterocycles. The molecule has 0 aliphatic heterocycles. The van der Waals surface area contributed by atoms with Gasteiger partial charge in [0, 0.05) is 26.2 Å². The third kappa shape index (κ3) is 10.0. The van der Waals surface area contributed by atoms with Gasteiger partial charge in [0.1, 0.15) is 5.60 Å². The molecule has 1 amide bonds. The summed E-state index contributed by atoms with van der Waals surface area (Å²) in [6.07, 6.45) is -0.323. The highest BCUT2D eigenvalue weighted by Gasteiger charge is 2.20. The Morgan fingerprint density at radius 3 is 2.06 bits per heavy atom. The highest BCUT2D eigenvalue weighted by atomic mass is 127. The fraction of sp³-hybridized carbons (Fsp3) is 0.636. The number of hydrogen-bond acceptors (Lipinski definition) is 6. The maximum Gasteiger partial charge on any atom is 0.410 e. The highest BCUT2D eigenvalue weighted by Crippen LogP contribution is 2.38. The number of likely N-dealkylation sites (N-methyl/N-ethyl adjacent to an activating group) is 1. The second-order valence-electron chi connectivity index (χ2n) is 7.72. The molecule has 184 valence electrons. The van der Waals surface area contributed by atoms with E-state index in [0.717, 1.165) is 5.56 Å². The van der Waals surface area contributed by atoms with Gasteiger partial charge in [0.25, 0.3) is 0 Å². The van der Waals surface area contributed by atoms with Crippen LogP contribution in [0, 0.1) is 0 Å². The summed E-state index contributed by atoms with van der Waals surface area (Å²) < 4.78 is 21.6. The summed E-state index contributed by atoms with van der Waals surface area (Å²) in [6, 6.07) is 3.74. The molecule has 32 heavy (non-hydrogen) atoms. The van der Waals surface area contributed by atoms with Crippen molar-refractivity contribution in [3.05, 3.63) is 17.7 Å². The van der Waals surface area contributed by atoms with Gasteiger partial charge in [-0.1, -0.05) is 0 Å². The van der Waals surface area contributed by atoms with Crippen molar-refractivity contribution >= 4 is 36.0 Å². The number of methoxy groups -OCH3 is 3.